The second kappa shape index (κ2) is 7.89. The van der Waals surface area contributed by atoms with Crippen molar-refractivity contribution in [3.63, 3.8) is 0 Å². The fourth-order valence-corrected chi connectivity index (χ4v) is 3.69. The summed E-state index contributed by atoms with van der Waals surface area (Å²) in [7, 11) is 0. The lowest BCUT2D eigenvalue weighted by molar-refractivity contribution is 0.0317. The van der Waals surface area contributed by atoms with Gasteiger partial charge in [0.1, 0.15) is 5.76 Å². The predicted molar refractivity (Wildman–Crippen MR) is 111 cm³/mol. The Morgan fingerprint density at radius 1 is 1.20 bits per heavy atom. The zero-order valence-electron chi connectivity index (χ0n) is 16.7. The molecule has 3 aromatic heterocycles. The first-order chi connectivity index (χ1) is 14.7. The number of aromatic nitrogens is 4. The number of nitrogen functional groups attached to an aromatic ring is 1. The van der Waals surface area contributed by atoms with Crippen molar-refractivity contribution in [1.82, 2.24) is 19.6 Å². The van der Waals surface area contributed by atoms with E-state index in [-0.39, 0.29) is 12.1 Å². The highest BCUT2D eigenvalue weighted by Gasteiger charge is 2.17. The van der Waals surface area contributed by atoms with Crippen LogP contribution in [-0.4, -0.2) is 38.9 Å². The van der Waals surface area contributed by atoms with Crippen LogP contribution in [0.3, 0.4) is 0 Å². The van der Waals surface area contributed by atoms with Crippen molar-refractivity contribution in [2.75, 3.05) is 18.9 Å². The normalized spacial score (nSPS) is 16.5. The van der Waals surface area contributed by atoms with Crippen molar-refractivity contribution >= 4 is 11.6 Å². The summed E-state index contributed by atoms with van der Waals surface area (Å²) in [6.07, 6.45) is 3.64. The first kappa shape index (κ1) is 18.8. The van der Waals surface area contributed by atoms with E-state index in [1.807, 2.05) is 31.3 Å². The number of furan rings is 1. The van der Waals surface area contributed by atoms with Crippen LogP contribution in [-0.2, 0) is 22.5 Å². The molecule has 4 aromatic rings. The van der Waals surface area contributed by atoms with Crippen LogP contribution in [0.2, 0.25) is 0 Å². The van der Waals surface area contributed by atoms with Crippen LogP contribution < -0.4 is 5.73 Å². The molecule has 0 radical (unpaired) electrons. The SMILES string of the molecule is Cc1ccc(-c2nc(N)nc3c(Cc4cccc(COC5CCOC5)c4)cnn23)o1. The Morgan fingerprint density at radius 2 is 2.10 bits per heavy atom. The summed E-state index contributed by atoms with van der Waals surface area (Å²) in [4.78, 5) is 8.75. The number of hydrogen-bond acceptors (Lipinski definition) is 7. The van der Waals surface area contributed by atoms with Gasteiger partial charge in [0, 0.05) is 18.6 Å². The Bertz CT molecular complexity index is 1180. The first-order valence-corrected chi connectivity index (χ1v) is 10.00. The monoisotopic (exact) mass is 405 g/mol. The number of aryl methyl sites for hydroxylation is 1. The van der Waals surface area contributed by atoms with Crippen LogP contribution in [0.25, 0.3) is 17.2 Å². The van der Waals surface area contributed by atoms with E-state index in [9.17, 15) is 0 Å². The molecule has 2 N–H and O–H groups in total. The fourth-order valence-electron chi connectivity index (χ4n) is 3.69. The number of benzene rings is 1. The van der Waals surface area contributed by atoms with Gasteiger partial charge in [0.2, 0.25) is 11.8 Å². The van der Waals surface area contributed by atoms with E-state index in [0.717, 1.165) is 35.5 Å². The van der Waals surface area contributed by atoms with Gasteiger partial charge in [0.05, 0.1) is 25.5 Å². The highest BCUT2D eigenvalue weighted by atomic mass is 16.5. The molecule has 0 aliphatic carbocycles. The Kier molecular flexibility index (Phi) is 4.94. The molecule has 1 fully saturated rings. The Balaban J connectivity index is 1.40. The molecule has 0 spiro atoms. The van der Waals surface area contributed by atoms with E-state index in [4.69, 9.17) is 19.6 Å². The van der Waals surface area contributed by atoms with Gasteiger partial charge in [-0.25, -0.2) is 0 Å². The molecule has 5 rings (SSSR count). The van der Waals surface area contributed by atoms with Gasteiger partial charge in [-0.2, -0.15) is 19.6 Å². The van der Waals surface area contributed by atoms with Crippen molar-refractivity contribution in [1.29, 1.82) is 0 Å². The van der Waals surface area contributed by atoms with Crippen LogP contribution >= 0.6 is 0 Å². The summed E-state index contributed by atoms with van der Waals surface area (Å²) in [5.74, 6) is 2.13. The third kappa shape index (κ3) is 3.79. The third-order valence-electron chi connectivity index (χ3n) is 5.18. The van der Waals surface area contributed by atoms with Crippen molar-refractivity contribution < 1.29 is 13.9 Å². The molecule has 8 heteroatoms. The van der Waals surface area contributed by atoms with Gasteiger partial charge in [-0.3, -0.25) is 0 Å². The lowest BCUT2D eigenvalue weighted by Gasteiger charge is -2.10. The summed E-state index contributed by atoms with van der Waals surface area (Å²) < 4.78 is 18.7. The number of rotatable bonds is 6. The lowest BCUT2D eigenvalue weighted by Crippen LogP contribution is -2.11. The maximum absolute atomic E-state index is 5.98. The molecule has 1 aliphatic heterocycles. The zero-order valence-corrected chi connectivity index (χ0v) is 16.7. The molecule has 1 atom stereocenters. The van der Waals surface area contributed by atoms with Crippen LogP contribution in [0.5, 0.6) is 0 Å². The Labute approximate surface area is 173 Å². The summed E-state index contributed by atoms with van der Waals surface area (Å²) in [5, 5.41) is 4.49. The second-order valence-electron chi connectivity index (χ2n) is 7.51. The van der Waals surface area contributed by atoms with Gasteiger partial charge in [0.25, 0.3) is 0 Å². The minimum atomic E-state index is 0.189. The Morgan fingerprint density at radius 3 is 2.90 bits per heavy atom. The van der Waals surface area contributed by atoms with Crippen LogP contribution in [0.15, 0.2) is 47.0 Å². The third-order valence-corrected chi connectivity index (χ3v) is 5.18. The lowest BCUT2D eigenvalue weighted by atomic mass is 10.0. The molecular weight excluding hydrogens is 382 g/mol. The minimum absolute atomic E-state index is 0.189. The largest absolute Gasteiger partial charge is 0.458 e. The molecule has 4 heterocycles. The highest BCUT2D eigenvalue weighted by molar-refractivity contribution is 5.59. The van der Waals surface area contributed by atoms with Gasteiger partial charge in [-0.05, 0) is 36.6 Å². The Hall–Kier alpha value is -3.23. The van der Waals surface area contributed by atoms with Gasteiger partial charge < -0.3 is 19.6 Å². The number of ether oxygens (including phenoxy) is 2. The smallest absolute Gasteiger partial charge is 0.224 e. The molecule has 0 amide bonds. The first-order valence-electron chi connectivity index (χ1n) is 10.00. The van der Waals surface area contributed by atoms with Gasteiger partial charge in [-0.1, -0.05) is 24.3 Å². The van der Waals surface area contributed by atoms with Gasteiger partial charge in [-0.15, -0.1) is 0 Å². The average Bonchev–Trinajstić information content (AvgIpc) is 3.48. The molecular formula is C22H23N5O3. The molecule has 0 saturated carbocycles. The van der Waals surface area contributed by atoms with Gasteiger partial charge in [0.15, 0.2) is 11.4 Å². The summed E-state index contributed by atoms with van der Waals surface area (Å²) in [6, 6.07) is 12.1. The van der Waals surface area contributed by atoms with E-state index in [1.54, 1.807) is 4.52 Å². The number of nitrogens with zero attached hydrogens (tertiary/aromatic N) is 4. The van der Waals surface area contributed by atoms with Crippen molar-refractivity contribution in [3.05, 3.63) is 65.0 Å². The van der Waals surface area contributed by atoms with E-state index < -0.39 is 0 Å². The number of fused-ring (bicyclic) bond motifs is 1. The summed E-state index contributed by atoms with van der Waals surface area (Å²) in [5.41, 5.74) is 9.92. The highest BCUT2D eigenvalue weighted by Crippen LogP contribution is 2.24. The van der Waals surface area contributed by atoms with E-state index in [2.05, 4.69) is 33.3 Å². The number of anilines is 1. The van der Waals surface area contributed by atoms with Crippen LogP contribution in [0, 0.1) is 6.92 Å². The fraction of sp³-hybridized carbons (Fsp3) is 0.318. The predicted octanol–water partition coefficient (Wildman–Crippen LogP) is 3.17. The standard InChI is InChI=1S/C22H23N5O3/c1-14-5-6-19(30-14)21-26-22(23)25-20-17(11-24-27(20)21)10-15-3-2-4-16(9-15)12-29-18-7-8-28-13-18/h2-6,9,11,18H,7-8,10,12-13H2,1H3,(H2,23,25). The molecule has 30 heavy (non-hydrogen) atoms. The topological polar surface area (TPSA) is 101 Å². The maximum Gasteiger partial charge on any atom is 0.224 e. The average molecular weight is 405 g/mol. The van der Waals surface area contributed by atoms with Crippen LogP contribution in [0.1, 0.15) is 28.9 Å². The van der Waals surface area contributed by atoms with E-state index in [1.165, 1.54) is 0 Å². The quantitative estimate of drug-likeness (QED) is 0.526. The molecule has 8 nitrogen and oxygen atoms in total. The zero-order chi connectivity index (χ0) is 20.5. The van der Waals surface area contributed by atoms with E-state index in [0.29, 0.717) is 36.9 Å². The molecule has 154 valence electrons. The molecule has 1 aliphatic rings. The maximum atomic E-state index is 5.98. The molecule has 0 bridgehead atoms. The second-order valence-corrected chi connectivity index (χ2v) is 7.51. The van der Waals surface area contributed by atoms with Gasteiger partial charge >= 0.3 is 0 Å². The van der Waals surface area contributed by atoms with Crippen molar-refractivity contribution in [3.8, 4) is 11.6 Å². The molecule has 1 aromatic carbocycles. The molecule has 1 saturated heterocycles. The summed E-state index contributed by atoms with van der Waals surface area (Å²) in [6.45, 7) is 3.93. The number of hydrogen-bond donors (Lipinski definition) is 1. The minimum Gasteiger partial charge on any atom is -0.458 e. The number of nitrogens with two attached hydrogens (primary N) is 1. The van der Waals surface area contributed by atoms with E-state index >= 15 is 0 Å². The van der Waals surface area contributed by atoms with Crippen LogP contribution in [0.4, 0.5) is 5.95 Å². The summed E-state index contributed by atoms with van der Waals surface area (Å²) >= 11 is 0. The molecule has 1 unspecified atom stereocenters. The van der Waals surface area contributed by atoms with Crippen molar-refractivity contribution in [2.24, 2.45) is 0 Å². The van der Waals surface area contributed by atoms with Crippen molar-refractivity contribution in [2.45, 2.75) is 32.5 Å².